The SMILES string of the molecule is CC1=NN(c2ccccc2)C(=C=O)C1. The summed E-state index contributed by atoms with van der Waals surface area (Å²) in [6, 6.07) is 9.60. The maximum atomic E-state index is 10.7. The summed E-state index contributed by atoms with van der Waals surface area (Å²) in [6.07, 6.45) is 0.596. The van der Waals surface area contributed by atoms with Crippen LogP contribution < -0.4 is 5.01 Å². The number of rotatable bonds is 1. The molecule has 0 radical (unpaired) electrons. The van der Waals surface area contributed by atoms with Crippen LogP contribution in [0.15, 0.2) is 41.1 Å². The topological polar surface area (TPSA) is 32.7 Å². The zero-order valence-electron chi connectivity index (χ0n) is 7.90. The first-order chi connectivity index (χ1) is 6.81. The lowest BCUT2D eigenvalue weighted by molar-refractivity contribution is 0.566. The number of para-hydroxylation sites is 1. The van der Waals surface area contributed by atoms with E-state index in [0.29, 0.717) is 12.1 Å². The smallest absolute Gasteiger partial charge is 0.148 e. The van der Waals surface area contributed by atoms with Crippen LogP contribution in [-0.2, 0) is 4.79 Å². The molecule has 0 saturated carbocycles. The number of hydrogen-bond donors (Lipinski definition) is 0. The molecule has 0 aliphatic carbocycles. The molecule has 0 saturated heterocycles. The lowest BCUT2D eigenvalue weighted by Gasteiger charge is -2.12. The molecule has 70 valence electrons. The third-order valence-corrected chi connectivity index (χ3v) is 2.07. The Morgan fingerprint density at radius 2 is 2.07 bits per heavy atom. The highest BCUT2D eigenvalue weighted by atomic mass is 16.1. The molecule has 0 bridgehead atoms. The van der Waals surface area contributed by atoms with Crippen LogP contribution in [0, 0.1) is 0 Å². The predicted octanol–water partition coefficient (Wildman–Crippen LogP) is 1.99. The maximum absolute atomic E-state index is 10.7. The molecule has 1 aliphatic rings. The maximum Gasteiger partial charge on any atom is 0.148 e. The van der Waals surface area contributed by atoms with Gasteiger partial charge in [-0.05, 0) is 19.1 Å². The summed E-state index contributed by atoms with van der Waals surface area (Å²) in [7, 11) is 0. The van der Waals surface area contributed by atoms with Gasteiger partial charge in [-0.2, -0.15) is 5.10 Å². The van der Waals surface area contributed by atoms with Crippen molar-refractivity contribution in [1.29, 1.82) is 0 Å². The van der Waals surface area contributed by atoms with E-state index in [0.717, 1.165) is 11.4 Å². The number of anilines is 1. The van der Waals surface area contributed by atoms with Crippen molar-refractivity contribution in [3.63, 3.8) is 0 Å². The average molecular weight is 186 g/mol. The van der Waals surface area contributed by atoms with Crippen LogP contribution in [0.1, 0.15) is 13.3 Å². The van der Waals surface area contributed by atoms with Crippen LogP contribution in [0.25, 0.3) is 0 Å². The summed E-state index contributed by atoms with van der Waals surface area (Å²) in [4.78, 5) is 10.7. The fourth-order valence-corrected chi connectivity index (χ4v) is 1.45. The Labute approximate surface area is 82.3 Å². The summed E-state index contributed by atoms with van der Waals surface area (Å²) in [5.74, 6) is 1.92. The van der Waals surface area contributed by atoms with Crippen molar-refractivity contribution >= 4 is 17.3 Å². The molecule has 1 heterocycles. The van der Waals surface area contributed by atoms with Gasteiger partial charge in [-0.25, -0.2) is 9.80 Å². The van der Waals surface area contributed by atoms with Crippen molar-refractivity contribution in [3.05, 3.63) is 36.0 Å². The average Bonchev–Trinajstić information content (AvgIpc) is 2.61. The lowest BCUT2D eigenvalue weighted by atomic mass is 10.2. The normalized spacial score (nSPS) is 15.4. The molecule has 1 aromatic carbocycles. The third kappa shape index (κ3) is 1.45. The summed E-state index contributed by atoms with van der Waals surface area (Å²) >= 11 is 0. The van der Waals surface area contributed by atoms with Crippen molar-refractivity contribution in [2.24, 2.45) is 5.10 Å². The Bertz CT molecular complexity index is 416. The summed E-state index contributed by atoms with van der Waals surface area (Å²) in [5.41, 5.74) is 2.42. The first-order valence-corrected chi connectivity index (χ1v) is 4.44. The van der Waals surface area contributed by atoms with Gasteiger partial charge in [0.05, 0.1) is 5.69 Å². The van der Waals surface area contributed by atoms with Crippen LogP contribution in [0.5, 0.6) is 0 Å². The van der Waals surface area contributed by atoms with Gasteiger partial charge < -0.3 is 0 Å². The molecule has 14 heavy (non-hydrogen) atoms. The third-order valence-electron chi connectivity index (χ3n) is 2.07. The van der Waals surface area contributed by atoms with Gasteiger partial charge in [0, 0.05) is 12.1 Å². The Balaban J connectivity index is 2.40. The van der Waals surface area contributed by atoms with Crippen molar-refractivity contribution in [2.75, 3.05) is 5.01 Å². The molecule has 3 nitrogen and oxygen atoms in total. The zero-order chi connectivity index (χ0) is 9.97. The minimum Gasteiger partial charge on any atom is -0.231 e. The van der Waals surface area contributed by atoms with E-state index in [1.165, 1.54) is 0 Å². The molecule has 0 fully saturated rings. The standard InChI is InChI=1S/C11H10N2O/c1-9-7-11(8-14)13(12-9)10-5-3-2-4-6-10/h2-6H,7H2,1H3. The van der Waals surface area contributed by atoms with E-state index in [1.807, 2.05) is 43.2 Å². The molecule has 0 atom stereocenters. The number of hydrazone groups is 1. The van der Waals surface area contributed by atoms with Crippen molar-refractivity contribution < 1.29 is 4.79 Å². The molecule has 0 amide bonds. The van der Waals surface area contributed by atoms with E-state index in [9.17, 15) is 4.79 Å². The first kappa shape index (κ1) is 8.73. The van der Waals surface area contributed by atoms with E-state index in [1.54, 1.807) is 5.01 Å². The second-order valence-electron chi connectivity index (χ2n) is 3.21. The number of carbonyl (C=O) groups excluding carboxylic acids is 1. The van der Waals surface area contributed by atoms with Gasteiger partial charge in [-0.15, -0.1) is 0 Å². The minimum atomic E-state index is 0.578. The summed E-state index contributed by atoms with van der Waals surface area (Å²) in [6.45, 7) is 1.90. The van der Waals surface area contributed by atoms with Gasteiger partial charge in [-0.1, -0.05) is 18.2 Å². The van der Waals surface area contributed by atoms with Crippen LogP contribution >= 0.6 is 0 Å². The summed E-state index contributed by atoms with van der Waals surface area (Å²) < 4.78 is 0. The van der Waals surface area contributed by atoms with Gasteiger partial charge in [0.15, 0.2) is 0 Å². The predicted molar refractivity (Wildman–Crippen MR) is 55.9 cm³/mol. The second kappa shape index (κ2) is 3.48. The van der Waals surface area contributed by atoms with Crippen LogP contribution in [0.2, 0.25) is 0 Å². The molecule has 1 aromatic rings. The monoisotopic (exact) mass is 186 g/mol. The zero-order valence-corrected chi connectivity index (χ0v) is 7.90. The molecular formula is C11H10N2O. The Morgan fingerprint density at radius 1 is 1.36 bits per heavy atom. The molecule has 1 aliphatic heterocycles. The molecule has 0 N–H and O–H groups in total. The highest BCUT2D eigenvalue weighted by molar-refractivity contribution is 5.92. The van der Waals surface area contributed by atoms with E-state index in [-0.39, 0.29) is 0 Å². The first-order valence-electron chi connectivity index (χ1n) is 4.44. The Hall–Kier alpha value is -1.86. The van der Waals surface area contributed by atoms with E-state index in [2.05, 4.69) is 5.10 Å². The second-order valence-corrected chi connectivity index (χ2v) is 3.21. The molecular weight excluding hydrogens is 176 g/mol. The van der Waals surface area contributed by atoms with Crippen LogP contribution in [-0.4, -0.2) is 11.7 Å². The van der Waals surface area contributed by atoms with E-state index >= 15 is 0 Å². The Morgan fingerprint density at radius 3 is 2.71 bits per heavy atom. The molecule has 0 aromatic heterocycles. The van der Waals surface area contributed by atoms with Gasteiger partial charge in [0.25, 0.3) is 0 Å². The van der Waals surface area contributed by atoms with Crippen LogP contribution in [0.3, 0.4) is 0 Å². The van der Waals surface area contributed by atoms with Gasteiger partial charge in [0.1, 0.15) is 11.6 Å². The Kier molecular flexibility index (Phi) is 2.17. The van der Waals surface area contributed by atoms with Crippen molar-refractivity contribution in [1.82, 2.24) is 0 Å². The van der Waals surface area contributed by atoms with Crippen molar-refractivity contribution in [3.8, 4) is 0 Å². The molecule has 0 unspecified atom stereocenters. The number of hydrogen-bond acceptors (Lipinski definition) is 3. The highest BCUT2D eigenvalue weighted by Gasteiger charge is 2.19. The van der Waals surface area contributed by atoms with Crippen LogP contribution in [0.4, 0.5) is 5.69 Å². The summed E-state index contributed by atoms with van der Waals surface area (Å²) in [5, 5.41) is 5.90. The van der Waals surface area contributed by atoms with Crippen molar-refractivity contribution in [2.45, 2.75) is 13.3 Å². The number of benzene rings is 1. The molecule has 0 spiro atoms. The largest absolute Gasteiger partial charge is 0.231 e. The molecule has 3 heteroatoms. The lowest BCUT2D eigenvalue weighted by Crippen LogP contribution is -2.10. The highest BCUT2D eigenvalue weighted by Crippen LogP contribution is 2.24. The van der Waals surface area contributed by atoms with E-state index in [4.69, 9.17) is 0 Å². The fraction of sp³-hybridized carbons (Fsp3) is 0.182. The van der Waals surface area contributed by atoms with Gasteiger partial charge in [0.2, 0.25) is 0 Å². The quantitative estimate of drug-likeness (QED) is 0.628. The number of allylic oxidation sites excluding steroid dienone is 1. The van der Waals surface area contributed by atoms with E-state index < -0.39 is 0 Å². The number of nitrogens with zero attached hydrogens (tertiary/aromatic N) is 2. The van der Waals surface area contributed by atoms with Gasteiger partial charge in [-0.3, -0.25) is 0 Å². The fourth-order valence-electron chi connectivity index (χ4n) is 1.45. The molecule has 2 rings (SSSR count). The minimum absolute atomic E-state index is 0.578. The van der Waals surface area contributed by atoms with Gasteiger partial charge >= 0.3 is 0 Å².